The largest absolute Gasteiger partial charge is 0.454 e. The molecule has 3 aromatic heterocycles. The zero-order chi connectivity index (χ0) is 33.7. The van der Waals surface area contributed by atoms with Crippen molar-refractivity contribution in [1.29, 1.82) is 0 Å². The van der Waals surface area contributed by atoms with Gasteiger partial charge in [0.25, 0.3) is 0 Å². The Labute approximate surface area is 293 Å². The highest BCUT2D eigenvalue weighted by molar-refractivity contribution is 6.17. The number of rotatable bonds is 5. The maximum atomic E-state index is 6.20. The first-order valence-electron chi connectivity index (χ1n) is 17.0. The third-order valence-electron chi connectivity index (χ3n) is 9.67. The fraction of sp³-hybridized carbons (Fsp3) is 0. The summed E-state index contributed by atoms with van der Waals surface area (Å²) in [5.41, 5.74) is 9.10. The Morgan fingerprint density at radius 1 is 0.333 bits per heavy atom. The minimum Gasteiger partial charge on any atom is -0.454 e. The summed E-state index contributed by atoms with van der Waals surface area (Å²) in [4.78, 5) is 19.3. The summed E-state index contributed by atoms with van der Waals surface area (Å²) < 4.78 is 6.20. The minimum absolute atomic E-state index is 0.640. The average molecular weight is 653 g/mol. The highest BCUT2D eigenvalue weighted by atomic mass is 16.3. The van der Waals surface area contributed by atoms with Crippen LogP contribution >= 0.6 is 0 Å². The molecule has 0 radical (unpaired) electrons. The van der Waals surface area contributed by atoms with Crippen LogP contribution in [0.2, 0.25) is 0 Å². The van der Waals surface area contributed by atoms with Gasteiger partial charge in [-0.2, -0.15) is 0 Å². The molecule has 0 spiro atoms. The van der Waals surface area contributed by atoms with E-state index in [9.17, 15) is 0 Å². The van der Waals surface area contributed by atoms with Gasteiger partial charge < -0.3 is 4.42 Å². The number of aromatic nitrogens is 4. The van der Waals surface area contributed by atoms with Gasteiger partial charge in [0.05, 0.1) is 6.20 Å². The van der Waals surface area contributed by atoms with E-state index in [1.165, 1.54) is 10.8 Å². The van der Waals surface area contributed by atoms with E-state index in [-0.39, 0.29) is 0 Å². The van der Waals surface area contributed by atoms with E-state index < -0.39 is 0 Å². The molecule has 5 heteroatoms. The third kappa shape index (κ3) is 4.86. The molecule has 0 saturated carbocycles. The van der Waals surface area contributed by atoms with Gasteiger partial charge in [-0.3, -0.25) is 4.98 Å². The molecule has 0 atom stereocenters. The van der Waals surface area contributed by atoms with Gasteiger partial charge in [-0.05, 0) is 62.0 Å². The fourth-order valence-electron chi connectivity index (χ4n) is 7.33. The van der Waals surface area contributed by atoms with Crippen molar-refractivity contribution in [3.8, 4) is 56.4 Å². The zero-order valence-corrected chi connectivity index (χ0v) is 27.4. The Morgan fingerprint density at radius 2 is 0.824 bits per heavy atom. The van der Waals surface area contributed by atoms with Crippen molar-refractivity contribution in [3.05, 3.63) is 170 Å². The zero-order valence-electron chi connectivity index (χ0n) is 27.4. The number of hydrogen-bond donors (Lipinski definition) is 0. The number of hydrogen-bond acceptors (Lipinski definition) is 5. The molecule has 10 aromatic rings. The van der Waals surface area contributed by atoms with E-state index >= 15 is 0 Å². The summed E-state index contributed by atoms with van der Waals surface area (Å²) in [6.45, 7) is 0. The van der Waals surface area contributed by atoms with Gasteiger partial charge in [0.2, 0.25) is 0 Å². The summed E-state index contributed by atoms with van der Waals surface area (Å²) in [5, 5.41) is 6.73. The van der Waals surface area contributed by atoms with Crippen LogP contribution in [0.1, 0.15) is 0 Å². The molecular weight excluding hydrogens is 625 g/mol. The van der Waals surface area contributed by atoms with Gasteiger partial charge in [0, 0.05) is 33.7 Å². The summed E-state index contributed by atoms with van der Waals surface area (Å²) >= 11 is 0. The van der Waals surface area contributed by atoms with Crippen LogP contribution in [0, 0.1) is 0 Å². The van der Waals surface area contributed by atoms with Gasteiger partial charge in [-0.1, -0.05) is 140 Å². The van der Waals surface area contributed by atoms with E-state index in [0.29, 0.717) is 17.5 Å². The van der Waals surface area contributed by atoms with Gasteiger partial charge in [-0.15, -0.1) is 0 Å². The SMILES string of the molecule is c1ccc(-c2nc(-c3ccccc3)nc(-c3ccc(-c4ccc(-c5cccc6oc7cnccc7c56)c5ccccc45)c4ccccc34)n2)cc1. The van der Waals surface area contributed by atoms with Crippen LogP contribution in [0.15, 0.2) is 175 Å². The van der Waals surface area contributed by atoms with E-state index in [0.717, 1.165) is 71.7 Å². The van der Waals surface area contributed by atoms with Crippen LogP contribution in [-0.2, 0) is 0 Å². The Morgan fingerprint density at radius 3 is 1.41 bits per heavy atom. The summed E-state index contributed by atoms with van der Waals surface area (Å²) in [5.74, 6) is 1.93. The number of benzene rings is 7. The van der Waals surface area contributed by atoms with Crippen molar-refractivity contribution in [2.24, 2.45) is 0 Å². The summed E-state index contributed by atoms with van der Waals surface area (Å²) in [7, 11) is 0. The van der Waals surface area contributed by atoms with Crippen LogP contribution < -0.4 is 0 Å². The molecule has 0 bridgehead atoms. The highest BCUT2D eigenvalue weighted by Gasteiger charge is 2.19. The molecule has 5 nitrogen and oxygen atoms in total. The van der Waals surface area contributed by atoms with Gasteiger partial charge in [0.1, 0.15) is 5.58 Å². The van der Waals surface area contributed by atoms with E-state index in [2.05, 4.69) is 89.9 Å². The monoisotopic (exact) mass is 652 g/mol. The Bertz CT molecular complexity index is 2860. The standard InChI is InChI=1S/C46H28N4O/c1-3-12-29(13-4-1)44-48-45(30-14-5-2-6-15-30)50-46(49-44)39-25-24-36(33-18-9-10-19-34(33)39)35-22-23-37(32-17-8-7-16-31(32)35)38-20-11-21-41-43(38)40-26-27-47-28-42(40)51-41/h1-28H. The molecule has 0 saturated heterocycles. The van der Waals surface area contributed by atoms with Crippen LogP contribution in [0.25, 0.3) is 99.9 Å². The first-order chi connectivity index (χ1) is 25.3. The highest BCUT2D eigenvalue weighted by Crippen LogP contribution is 2.43. The number of nitrogens with zero attached hydrogens (tertiary/aromatic N) is 4. The number of fused-ring (bicyclic) bond motifs is 5. The molecule has 0 fully saturated rings. The summed E-state index contributed by atoms with van der Waals surface area (Å²) in [6.07, 6.45) is 3.61. The second kappa shape index (κ2) is 11.9. The molecule has 3 heterocycles. The molecule has 238 valence electrons. The van der Waals surface area contributed by atoms with Gasteiger partial charge in [-0.25, -0.2) is 15.0 Å². The molecule has 0 aliphatic heterocycles. The first-order valence-corrected chi connectivity index (χ1v) is 17.0. The fourth-order valence-corrected chi connectivity index (χ4v) is 7.33. The first kappa shape index (κ1) is 29.0. The van der Waals surface area contributed by atoms with Crippen LogP contribution in [-0.4, -0.2) is 19.9 Å². The Balaban J connectivity index is 1.17. The predicted molar refractivity (Wildman–Crippen MR) is 207 cm³/mol. The number of furan rings is 1. The average Bonchev–Trinajstić information content (AvgIpc) is 3.60. The Kier molecular flexibility index (Phi) is 6.74. The minimum atomic E-state index is 0.640. The molecule has 0 N–H and O–H groups in total. The van der Waals surface area contributed by atoms with Crippen molar-refractivity contribution in [2.75, 3.05) is 0 Å². The van der Waals surface area contributed by atoms with Crippen molar-refractivity contribution in [1.82, 2.24) is 19.9 Å². The lowest BCUT2D eigenvalue weighted by atomic mass is 9.88. The van der Waals surface area contributed by atoms with E-state index in [4.69, 9.17) is 19.4 Å². The van der Waals surface area contributed by atoms with Crippen molar-refractivity contribution in [2.45, 2.75) is 0 Å². The number of pyridine rings is 1. The molecule has 0 amide bonds. The van der Waals surface area contributed by atoms with Crippen molar-refractivity contribution in [3.63, 3.8) is 0 Å². The molecule has 10 rings (SSSR count). The molecule has 51 heavy (non-hydrogen) atoms. The molecule has 0 aliphatic carbocycles. The van der Waals surface area contributed by atoms with Gasteiger partial charge in [0.15, 0.2) is 23.1 Å². The predicted octanol–water partition coefficient (Wildman–Crippen LogP) is 11.8. The molecular formula is C46H28N4O. The molecule has 0 aliphatic rings. The van der Waals surface area contributed by atoms with Crippen molar-refractivity contribution >= 4 is 43.5 Å². The third-order valence-corrected chi connectivity index (χ3v) is 9.67. The van der Waals surface area contributed by atoms with Crippen molar-refractivity contribution < 1.29 is 4.42 Å². The second-order valence-electron chi connectivity index (χ2n) is 12.6. The lowest BCUT2D eigenvalue weighted by Crippen LogP contribution is -2.00. The lowest BCUT2D eigenvalue weighted by molar-refractivity contribution is 0.667. The van der Waals surface area contributed by atoms with Crippen LogP contribution in [0.5, 0.6) is 0 Å². The smallest absolute Gasteiger partial charge is 0.164 e. The van der Waals surface area contributed by atoms with E-state index in [1.54, 1.807) is 6.20 Å². The van der Waals surface area contributed by atoms with Gasteiger partial charge >= 0.3 is 0 Å². The lowest BCUT2D eigenvalue weighted by Gasteiger charge is -2.16. The maximum absolute atomic E-state index is 6.20. The normalized spacial score (nSPS) is 11.5. The quantitative estimate of drug-likeness (QED) is 0.185. The molecule has 0 unspecified atom stereocenters. The topological polar surface area (TPSA) is 64.7 Å². The Hall–Kier alpha value is -6.98. The van der Waals surface area contributed by atoms with E-state index in [1.807, 2.05) is 79.0 Å². The van der Waals surface area contributed by atoms with Crippen LogP contribution in [0.4, 0.5) is 0 Å². The maximum Gasteiger partial charge on any atom is 0.164 e. The second-order valence-corrected chi connectivity index (χ2v) is 12.6. The van der Waals surface area contributed by atoms with Crippen LogP contribution in [0.3, 0.4) is 0 Å². The summed E-state index contributed by atoms with van der Waals surface area (Å²) in [6, 6.07) is 54.6. The molecule has 7 aromatic carbocycles.